The molecule has 4 aromatic rings. The predicted octanol–water partition coefficient (Wildman–Crippen LogP) is 6.40. The van der Waals surface area contributed by atoms with Gasteiger partial charge >= 0.3 is 0 Å². The minimum Gasteiger partial charge on any atom is -0.478 e. The highest BCUT2D eigenvalue weighted by atomic mass is 32.1. The second-order valence-corrected chi connectivity index (χ2v) is 10.3. The summed E-state index contributed by atoms with van der Waals surface area (Å²) < 4.78 is 22.5. The maximum absolute atomic E-state index is 6.59. The summed E-state index contributed by atoms with van der Waals surface area (Å²) in [7, 11) is 0. The number of hydrogen-bond donors (Lipinski definition) is 0. The zero-order valence-electron chi connectivity index (χ0n) is 15.2. The third kappa shape index (κ3) is 1.92. The fraction of sp³-hybridized carbons (Fsp3) is 0.300. The van der Waals surface area contributed by atoms with Crippen LogP contribution in [0.2, 0.25) is 0 Å². The van der Waals surface area contributed by atoms with Crippen molar-refractivity contribution in [3.8, 4) is 32.4 Å². The largest absolute Gasteiger partial charge is 0.478 e. The third-order valence-corrected chi connectivity index (χ3v) is 7.81. The van der Waals surface area contributed by atoms with Gasteiger partial charge < -0.3 is 9.47 Å². The number of aromatic nitrogens is 2. The Morgan fingerprint density at radius 2 is 1.19 bits per heavy atom. The number of rotatable bonds is 0. The van der Waals surface area contributed by atoms with Crippen LogP contribution in [-0.4, -0.2) is 8.75 Å². The van der Waals surface area contributed by atoms with E-state index < -0.39 is 11.2 Å². The minimum atomic E-state index is -0.420. The van der Waals surface area contributed by atoms with E-state index in [2.05, 4.69) is 59.3 Å². The summed E-state index contributed by atoms with van der Waals surface area (Å²) in [5, 5.41) is 4.25. The van der Waals surface area contributed by atoms with Crippen molar-refractivity contribution in [1.82, 2.24) is 8.75 Å². The molecule has 2 aliphatic rings. The van der Waals surface area contributed by atoms with Gasteiger partial charge in [-0.2, -0.15) is 8.75 Å². The fourth-order valence-corrected chi connectivity index (χ4v) is 6.89. The molecule has 0 fully saturated rings. The monoisotopic (exact) mass is 412 g/mol. The highest BCUT2D eigenvalue weighted by Gasteiger charge is 2.43. The van der Waals surface area contributed by atoms with E-state index in [4.69, 9.17) is 9.47 Å². The smallest absolute Gasteiger partial charge is 0.174 e. The van der Waals surface area contributed by atoms with Crippen LogP contribution in [0, 0.1) is 0 Å². The van der Waals surface area contributed by atoms with Gasteiger partial charge in [0.15, 0.2) is 11.5 Å². The van der Waals surface area contributed by atoms with Crippen LogP contribution >= 0.6 is 34.4 Å². The van der Waals surface area contributed by atoms with E-state index in [1.54, 1.807) is 22.7 Å². The van der Waals surface area contributed by atoms with E-state index in [1.165, 1.54) is 32.6 Å². The van der Waals surface area contributed by atoms with E-state index in [-0.39, 0.29) is 0 Å². The Morgan fingerprint density at radius 3 is 1.63 bits per heavy atom. The number of thiophene rings is 2. The molecule has 1 aromatic carbocycles. The molecule has 0 N–H and O–H groups in total. The lowest BCUT2D eigenvalue weighted by atomic mass is 9.87. The Hall–Kier alpha value is -1.96. The van der Waals surface area contributed by atoms with Crippen molar-refractivity contribution in [2.75, 3.05) is 0 Å². The molecule has 27 heavy (non-hydrogen) atoms. The molecule has 6 rings (SSSR count). The van der Waals surface area contributed by atoms with Gasteiger partial charge in [0.05, 0.1) is 22.9 Å². The van der Waals surface area contributed by atoms with E-state index in [0.29, 0.717) is 0 Å². The number of ether oxygens (including phenoxy) is 2. The molecule has 0 aliphatic carbocycles. The molecule has 5 heterocycles. The lowest BCUT2D eigenvalue weighted by Gasteiger charge is -2.38. The van der Waals surface area contributed by atoms with Crippen LogP contribution in [0.1, 0.15) is 38.8 Å². The molecule has 0 radical (unpaired) electrons. The quantitative estimate of drug-likeness (QED) is 0.335. The van der Waals surface area contributed by atoms with Gasteiger partial charge in [0.25, 0.3) is 0 Å². The van der Waals surface area contributed by atoms with Crippen molar-refractivity contribution in [2.45, 2.75) is 38.9 Å². The first-order valence-electron chi connectivity index (χ1n) is 8.75. The van der Waals surface area contributed by atoms with E-state index >= 15 is 0 Å². The summed E-state index contributed by atoms with van der Waals surface area (Å²) in [5.74, 6) is 1.61. The topological polar surface area (TPSA) is 44.2 Å². The number of fused-ring (bicyclic) bond motifs is 10. The Morgan fingerprint density at radius 1 is 0.741 bits per heavy atom. The maximum Gasteiger partial charge on any atom is 0.174 e. The molecule has 0 saturated heterocycles. The number of benzene rings is 1. The summed E-state index contributed by atoms with van der Waals surface area (Å²) in [5.41, 5.74) is 5.43. The first kappa shape index (κ1) is 16.0. The van der Waals surface area contributed by atoms with Crippen LogP contribution in [0.15, 0.2) is 22.9 Å². The second kappa shape index (κ2) is 4.90. The lowest BCUT2D eigenvalue weighted by molar-refractivity contribution is 0.0723. The number of hydrogen-bond acceptors (Lipinski definition) is 7. The first-order chi connectivity index (χ1) is 12.9. The Balaban J connectivity index is 1.81. The van der Waals surface area contributed by atoms with Gasteiger partial charge in [-0.3, -0.25) is 0 Å². The molecule has 0 bridgehead atoms. The highest BCUT2D eigenvalue weighted by Crippen LogP contribution is 2.61. The minimum absolute atomic E-state index is 0.420. The van der Waals surface area contributed by atoms with Crippen LogP contribution in [0.4, 0.5) is 0 Å². The molecule has 3 aromatic heterocycles. The van der Waals surface area contributed by atoms with Crippen LogP contribution in [0.3, 0.4) is 0 Å². The number of nitrogens with zero attached hydrogens (tertiary/aromatic N) is 2. The lowest BCUT2D eigenvalue weighted by Crippen LogP contribution is -2.32. The summed E-state index contributed by atoms with van der Waals surface area (Å²) in [4.78, 5) is 2.42. The van der Waals surface area contributed by atoms with Crippen molar-refractivity contribution < 1.29 is 9.47 Å². The Labute approximate surface area is 168 Å². The molecular weight excluding hydrogens is 396 g/mol. The van der Waals surface area contributed by atoms with Crippen molar-refractivity contribution in [3.63, 3.8) is 0 Å². The summed E-state index contributed by atoms with van der Waals surface area (Å²) >= 11 is 4.71. The molecule has 2 aliphatic heterocycles. The van der Waals surface area contributed by atoms with Gasteiger partial charge in [-0.1, -0.05) is 0 Å². The summed E-state index contributed by atoms with van der Waals surface area (Å²) in [6.07, 6.45) is 0. The third-order valence-electron chi connectivity index (χ3n) is 5.42. The van der Waals surface area contributed by atoms with Gasteiger partial charge in [0.2, 0.25) is 0 Å². The van der Waals surface area contributed by atoms with Crippen LogP contribution in [0.25, 0.3) is 31.9 Å². The van der Waals surface area contributed by atoms with Gasteiger partial charge in [-0.05, 0) is 50.6 Å². The zero-order valence-corrected chi connectivity index (χ0v) is 17.7. The molecule has 0 unspecified atom stereocenters. The van der Waals surface area contributed by atoms with Crippen LogP contribution in [0.5, 0.6) is 11.5 Å². The molecule has 7 heteroatoms. The maximum atomic E-state index is 6.59. The standard InChI is InChI=1S/C20H16N2O2S3/c1-19(2)9-5-7-25-17(9)11-13-14(22-27-21-13)12-16(15(11)23-19)24-20(3,4)10-6-8-26-18(10)12/h5-8H,1-4H3. The van der Waals surface area contributed by atoms with Crippen molar-refractivity contribution in [3.05, 3.63) is 34.0 Å². The van der Waals surface area contributed by atoms with E-state index in [1.807, 2.05) is 0 Å². The molecular formula is C20H16N2O2S3. The molecule has 0 atom stereocenters. The summed E-state index contributed by atoms with van der Waals surface area (Å²) in [6.45, 7) is 8.45. The average molecular weight is 413 g/mol. The van der Waals surface area contributed by atoms with E-state index in [0.717, 1.165) is 33.7 Å². The Kier molecular flexibility index (Phi) is 2.91. The van der Waals surface area contributed by atoms with Gasteiger partial charge in [0, 0.05) is 20.9 Å². The van der Waals surface area contributed by atoms with Gasteiger partial charge in [0.1, 0.15) is 22.2 Å². The highest BCUT2D eigenvalue weighted by molar-refractivity contribution is 7.14. The van der Waals surface area contributed by atoms with Crippen molar-refractivity contribution in [2.24, 2.45) is 0 Å². The predicted molar refractivity (Wildman–Crippen MR) is 111 cm³/mol. The zero-order chi connectivity index (χ0) is 18.6. The second-order valence-electron chi connectivity index (χ2n) is 7.92. The first-order valence-corrected chi connectivity index (χ1v) is 11.2. The fourth-order valence-electron chi connectivity index (χ4n) is 4.15. The normalized spacial score (nSPS) is 18.1. The average Bonchev–Trinajstić information content (AvgIpc) is 3.34. The Bertz CT molecular complexity index is 1150. The van der Waals surface area contributed by atoms with Gasteiger partial charge in [-0.15, -0.1) is 22.7 Å². The van der Waals surface area contributed by atoms with E-state index in [9.17, 15) is 0 Å². The molecule has 136 valence electrons. The molecule has 0 saturated carbocycles. The van der Waals surface area contributed by atoms with Crippen LogP contribution < -0.4 is 9.47 Å². The van der Waals surface area contributed by atoms with Crippen LogP contribution in [-0.2, 0) is 11.2 Å². The van der Waals surface area contributed by atoms with Crippen molar-refractivity contribution in [1.29, 1.82) is 0 Å². The SMILES string of the molecule is CC1(C)Oc2c3c(c4nsnc4c2-c2sccc21)-c1sccc1C(C)(C)O3. The molecule has 0 amide bonds. The van der Waals surface area contributed by atoms with Crippen molar-refractivity contribution >= 4 is 45.4 Å². The summed E-state index contributed by atoms with van der Waals surface area (Å²) in [6, 6.07) is 4.30. The molecule has 4 nitrogen and oxygen atoms in total. The molecule has 0 spiro atoms. The van der Waals surface area contributed by atoms with Gasteiger partial charge in [-0.25, -0.2) is 0 Å².